The molecule has 0 saturated heterocycles. The lowest BCUT2D eigenvalue weighted by atomic mass is 10.1. The standard InChI is InChI=1S/C19H24N2O/c1-12-6-13(2)10-17(9-12)20-11-18(22)21-19-15(4)7-14(3)8-16(19)5/h6-10,20H,11H2,1-5H3,(H,21,22). The first-order valence-corrected chi connectivity index (χ1v) is 7.55. The highest BCUT2D eigenvalue weighted by Crippen LogP contribution is 2.22. The Bertz CT molecular complexity index is 661. The van der Waals surface area contributed by atoms with Crippen LogP contribution in [0.1, 0.15) is 27.8 Å². The summed E-state index contributed by atoms with van der Waals surface area (Å²) >= 11 is 0. The number of anilines is 2. The van der Waals surface area contributed by atoms with Gasteiger partial charge >= 0.3 is 0 Å². The zero-order chi connectivity index (χ0) is 16.3. The number of rotatable bonds is 4. The fourth-order valence-electron chi connectivity index (χ4n) is 2.82. The Morgan fingerprint density at radius 2 is 1.32 bits per heavy atom. The molecule has 2 aromatic carbocycles. The zero-order valence-corrected chi connectivity index (χ0v) is 14.0. The van der Waals surface area contributed by atoms with Crippen molar-refractivity contribution in [2.75, 3.05) is 17.2 Å². The Kier molecular flexibility index (Phi) is 4.86. The number of aryl methyl sites for hydroxylation is 5. The minimum absolute atomic E-state index is 0.0331. The van der Waals surface area contributed by atoms with Crippen LogP contribution in [0.4, 0.5) is 11.4 Å². The molecular formula is C19H24N2O. The molecule has 1 amide bonds. The maximum atomic E-state index is 12.2. The van der Waals surface area contributed by atoms with E-state index in [0.717, 1.165) is 22.5 Å². The fraction of sp³-hybridized carbons (Fsp3) is 0.316. The Balaban J connectivity index is 2.02. The second-order valence-corrected chi connectivity index (χ2v) is 6.05. The molecule has 0 saturated carbocycles. The number of hydrogen-bond donors (Lipinski definition) is 2. The van der Waals surface area contributed by atoms with Gasteiger partial charge in [-0.25, -0.2) is 0 Å². The summed E-state index contributed by atoms with van der Waals surface area (Å²) in [5.74, 6) is -0.0331. The van der Waals surface area contributed by atoms with Gasteiger partial charge < -0.3 is 10.6 Å². The van der Waals surface area contributed by atoms with E-state index in [1.165, 1.54) is 16.7 Å². The summed E-state index contributed by atoms with van der Waals surface area (Å²) in [4.78, 5) is 12.2. The van der Waals surface area contributed by atoms with Crippen LogP contribution in [0, 0.1) is 34.6 Å². The highest BCUT2D eigenvalue weighted by molar-refractivity contribution is 5.95. The molecule has 3 nitrogen and oxygen atoms in total. The molecular weight excluding hydrogens is 272 g/mol. The Morgan fingerprint density at radius 3 is 1.86 bits per heavy atom. The molecule has 2 rings (SSSR count). The van der Waals surface area contributed by atoms with Crippen molar-refractivity contribution < 1.29 is 4.79 Å². The molecule has 0 radical (unpaired) electrons. The number of amides is 1. The summed E-state index contributed by atoms with van der Waals surface area (Å²) in [7, 11) is 0. The Hall–Kier alpha value is -2.29. The van der Waals surface area contributed by atoms with Crippen molar-refractivity contribution in [2.45, 2.75) is 34.6 Å². The summed E-state index contributed by atoms with van der Waals surface area (Å²) in [6, 6.07) is 10.4. The summed E-state index contributed by atoms with van der Waals surface area (Å²) < 4.78 is 0. The van der Waals surface area contributed by atoms with Crippen LogP contribution in [0.25, 0.3) is 0 Å². The van der Waals surface area contributed by atoms with Gasteiger partial charge in [-0.2, -0.15) is 0 Å². The summed E-state index contributed by atoms with van der Waals surface area (Å²) in [6.45, 7) is 10.5. The third kappa shape index (κ3) is 4.10. The van der Waals surface area contributed by atoms with Crippen molar-refractivity contribution in [3.05, 3.63) is 58.1 Å². The topological polar surface area (TPSA) is 41.1 Å². The van der Waals surface area contributed by atoms with Crippen LogP contribution in [0.3, 0.4) is 0 Å². The molecule has 3 heteroatoms. The van der Waals surface area contributed by atoms with Crippen LogP contribution in [-0.4, -0.2) is 12.5 Å². The number of hydrogen-bond acceptors (Lipinski definition) is 2. The monoisotopic (exact) mass is 296 g/mol. The molecule has 0 spiro atoms. The van der Waals surface area contributed by atoms with Crippen molar-refractivity contribution in [3.8, 4) is 0 Å². The van der Waals surface area contributed by atoms with E-state index in [4.69, 9.17) is 0 Å². The predicted octanol–water partition coefficient (Wildman–Crippen LogP) is 4.28. The van der Waals surface area contributed by atoms with Gasteiger partial charge in [0, 0.05) is 11.4 Å². The van der Waals surface area contributed by atoms with Crippen molar-refractivity contribution >= 4 is 17.3 Å². The molecule has 0 unspecified atom stereocenters. The first-order chi connectivity index (χ1) is 10.3. The molecule has 2 N–H and O–H groups in total. The average molecular weight is 296 g/mol. The Morgan fingerprint density at radius 1 is 0.818 bits per heavy atom. The molecule has 0 bridgehead atoms. The summed E-state index contributed by atoms with van der Waals surface area (Å²) in [5.41, 5.74) is 7.67. The zero-order valence-electron chi connectivity index (χ0n) is 14.0. The number of carbonyl (C=O) groups excluding carboxylic acids is 1. The highest BCUT2D eigenvalue weighted by atomic mass is 16.1. The van der Waals surface area contributed by atoms with Crippen molar-refractivity contribution in [1.82, 2.24) is 0 Å². The maximum Gasteiger partial charge on any atom is 0.243 e. The second-order valence-electron chi connectivity index (χ2n) is 6.05. The van der Waals surface area contributed by atoms with Crippen LogP contribution in [0.5, 0.6) is 0 Å². The van der Waals surface area contributed by atoms with Gasteiger partial charge in [0.25, 0.3) is 0 Å². The lowest BCUT2D eigenvalue weighted by Gasteiger charge is -2.14. The number of benzene rings is 2. The van der Waals surface area contributed by atoms with Gasteiger partial charge in [0.2, 0.25) is 5.91 Å². The van der Waals surface area contributed by atoms with Crippen LogP contribution in [-0.2, 0) is 4.79 Å². The number of nitrogens with one attached hydrogen (secondary N) is 2. The van der Waals surface area contributed by atoms with Gasteiger partial charge in [0.05, 0.1) is 6.54 Å². The summed E-state index contributed by atoms with van der Waals surface area (Å²) in [5, 5.41) is 6.19. The summed E-state index contributed by atoms with van der Waals surface area (Å²) in [6.07, 6.45) is 0. The average Bonchev–Trinajstić information content (AvgIpc) is 2.39. The maximum absolute atomic E-state index is 12.2. The van der Waals surface area contributed by atoms with Gasteiger partial charge in [-0.15, -0.1) is 0 Å². The van der Waals surface area contributed by atoms with Gasteiger partial charge in [-0.1, -0.05) is 23.8 Å². The van der Waals surface area contributed by atoms with Gasteiger partial charge in [-0.05, 0) is 69.0 Å². The molecule has 0 aliphatic heterocycles. The SMILES string of the molecule is Cc1cc(C)cc(NCC(=O)Nc2c(C)cc(C)cc2C)c1. The lowest BCUT2D eigenvalue weighted by molar-refractivity contribution is -0.114. The molecule has 116 valence electrons. The molecule has 0 atom stereocenters. The molecule has 2 aromatic rings. The van der Waals surface area contributed by atoms with Crippen molar-refractivity contribution in [2.24, 2.45) is 0 Å². The van der Waals surface area contributed by atoms with E-state index >= 15 is 0 Å². The fourth-order valence-corrected chi connectivity index (χ4v) is 2.82. The van der Waals surface area contributed by atoms with Gasteiger partial charge in [0.15, 0.2) is 0 Å². The minimum atomic E-state index is -0.0331. The van der Waals surface area contributed by atoms with E-state index in [-0.39, 0.29) is 12.5 Å². The van der Waals surface area contributed by atoms with Crippen molar-refractivity contribution in [3.63, 3.8) is 0 Å². The van der Waals surface area contributed by atoms with Crippen LogP contribution < -0.4 is 10.6 Å². The quantitative estimate of drug-likeness (QED) is 0.884. The van der Waals surface area contributed by atoms with E-state index < -0.39 is 0 Å². The van der Waals surface area contributed by atoms with E-state index in [1.807, 2.05) is 26.0 Å². The van der Waals surface area contributed by atoms with E-state index in [2.05, 4.69) is 49.6 Å². The van der Waals surface area contributed by atoms with E-state index in [9.17, 15) is 4.79 Å². The highest BCUT2D eigenvalue weighted by Gasteiger charge is 2.08. The third-order valence-electron chi connectivity index (χ3n) is 3.62. The first kappa shape index (κ1) is 16.1. The van der Waals surface area contributed by atoms with Crippen LogP contribution >= 0.6 is 0 Å². The molecule has 0 aromatic heterocycles. The smallest absolute Gasteiger partial charge is 0.243 e. The molecule has 0 fully saturated rings. The third-order valence-corrected chi connectivity index (χ3v) is 3.62. The van der Waals surface area contributed by atoms with Crippen LogP contribution in [0.2, 0.25) is 0 Å². The normalized spacial score (nSPS) is 10.4. The Labute approximate surface area is 132 Å². The minimum Gasteiger partial charge on any atom is -0.376 e. The predicted molar refractivity (Wildman–Crippen MR) is 93.7 cm³/mol. The molecule has 22 heavy (non-hydrogen) atoms. The lowest BCUT2D eigenvalue weighted by Crippen LogP contribution is -2.22. The largest absolute Gasteiger partial charge is 0.376 e. The number of carbonyl (C=O) groups is 1. The molecule has 0 heterocycles. The van der Waals surface area contributed by atoms with E-state index in [0.29, 0.717) is 0 Å². The first-order valence-electron chi connectivity index (χ1n) is 7.55. The van der Waals surface area contributed by atoms with Crippen molar-refractivity contribution in [1.29, 1.82) is 0 Å². The molecule has 0 aliphatic carbocycles. The van der Waals surface area contributed by atoms with Crippen LogP contribution in [0.15, 0.2) is 30.3 Å². The van der Waals surface area contributed by atoms with Gasteiger partial charge in [-0.3, -0.25) is 4.79 Å². The molecule has 0 aliphatic rings. The van der Waals surface area contributed by atoms with Gasteiger partial charge in [0.1, 0.15) is 0 Å². The second kappa shape index (κ2) is 6.65. The van der Waals surface area contributed by atoms with E-state index in [1.54, 1.807) is 0 Å².